The van der Waals surface area contributed by atoms with Gasteiger partial charge in [-0.2, -0.15) is 4.37 Å². The molecule has 0 aliphatic carbocycles. The topological polar surface area (TPSA) is 41.1 Å². The fourth-order valence-corrected chi connectivity index (χ4v) is 3.95. The van der Waals surface area contributed by atoms with E-state index in [9.17, 15) is 0 Å². The van der Waals surface area contributed by atoms with Crippen LogP contribution < -0.4 is 5.32 Å². The predicted molar refractivity (Wildman–Crippen MR) is 79.8 cm³/mol. The average Bonchev–Trinajstić information content (AvgIpc) is 2.95. The van der Waals surface area contributed by atoms with Crippen LogP contribution in [0.2, 0.25) is 0 Å². The second-order valence-corrected chi connectivity index (χ2v) is 7.62. The highest BCUT2D eigenvalue weighted by molar-refractivity contribution is 7.09. The third-order valence-electron chi connectivity index (χ3n) is 4.24. The highest BCUT2D eigenvalue weighted by Gasteiger charge is 2.32. The summed E-state index contributed by atoms with van der Waals surface area (Å²) in [5.41, 5.74) is 0.0469. The Kier molecular flexibility index (Phi) is 3.52. The summed E-state index contributed by atoms with van der Waals surface area (Å²) >= 11 is 1.51. The molecule has 106 valence electrons. The molecule has 2 aliphatic heterocycles. The normalized spacial score (nSPS) is 28.4. The largest absolute Gasteiger partial charge is 0.357 e. The summed E-state index contributed by atoms with van der Waals surface area (Å²) in [6.07, 6.45) is 5.26. The van der Waals surface area contributed by atoms with E-state index in [4.69, 9.17) is 0 Å². The molecule has 19 heavy (non-hydrogen) atoms. The Labute approximate surface area is 119 Å². The molecule has 0 amide bonds. The second-order valence-electron chi connectivity index (χ2n) is 6.87. The molecule has 1 aromatic rings. The van der Waals surface area contributed by atoms with E-state index in [1.807, 2.05) is 0 Å². The van der Waals surface area contributed by atoms with Crippen molar-refractivity contribution in [2.24, 2.45) is 0 Å². The molecular weight excluding hydrogens is 256 g/mol. The van der Waals surface area contributed by atoms with Gasteiger partial charge in [0, 0.05) is 35.6 Å². The van der Waals surface area contributed by atoms with Gasteiger partial charge < -0.3 is 10.2 Å². The molecule has 3 rings (SSSR count). The standard InChI is InChI=1S/C14H24N4S/c1-14(2,3)12-16-13(19-17-12)15-10-6-8-18-7-4-5-11(18)9-10/h10-11H,4-9H2,1-3H3,(H,15,16,17). The van der Waals surface area contributed by atoms with Crippen LogP contribution in [-0.4, -0.2) is 39.4 Å². The summed E-state index contributed by atoms with van der Waals surface area (Å²) in [6, 6.07) is 1.39. The smallest absolute Gasteiger partial charge is 0.202 e. The highest BCUT2D eigenvalue weighted by atomic mass is 32.1. The quantitative estimate of drug-likeness (QED) is 0.904. The van der Waals surface area contributed by atoms with Gasteiger partial charge in [-0.25, -0.2) is 4.98 Å². The van der Waals surface area contributed by atoms with Gasteiger partial charge in [0.1, 0.15) is 5.82 Å². The molecule has 4 nitrogen and oxygen atoms in total. The van der Waals surface area contributed by atoms with Crippen molar-refractivity contribution in [3.05, 3.63) is 5.82 Å². The summed E-state index contributed by atoms with van der Waals surface area (Å²) in [4.78, 5) is 7.30. The van der Waals surface area contributed by atoms with Crippen LogP contribution in [0.1, 0.15) is 52.3 Å². The SMILES string of the molecule is CC(C)(C)c1nsc(NC2CCN3CCCC3C2)n1. The minimum absolute atomic E-state index is 0.0469. The molecule has 2 aliphatic rings. The van der Waals surface area contributed by atoms with Gasteiger partial charge in [-0.15, -0.1) is 0 Å². The summed E-state index contributed by atoms with van der Waals surface area (Å²) in [5, 5.41) is 4.61. The van der Waals surface area contributed by atoms with Crippen molar-refractivity contribution in [1.82, 2.24) is 14.3 Å². The first-order valence-electron chi connectivity index (χ1n) is 7.37. The van der Waals surface area contributed by atoms with E-state index in [-0.39, 0.29) is 5.41 Å². The van der Waals surface area contributed by atoms with Crippen molar-refractivity contribution < 1.29 is 0 Å². The Hall–Kier alpha value is -0.680. The Morgan fingerprint density at radius 2 is 2.11 bits per heavy atom. The van der Waals surface area contributed by atoms with Crippen LogP contribution in [0, 0.1) is 0 Å². The van der Waals surface area contributed by atoms with Crippen LogP contribution in [0.5, 0.6) is 0 Å². The highest BCUT2D eigenvalue weighted by Crippen LogP contribution is 2.29. The Balaban J connectivity index is 1.61. The second kappa shape index (κ2) is 5.02. The lowest BCUT2D eigenvalue weighted by molar-refractivity contribution is 0.188. The molecule has 0 spiro atoms. The van der Waals surface area contributed by atoms with Gasteiger partial charge in [-0.1, -0.05) is 20.8 Å². The third kappa shape index (κ3) is 2.92. The number of anilines is 1. The fraction of sp³-hybridized carbons (Fsp3) is 0.857. The maximum atomic E-state index is 4.64. The maximum absolute atomic E-state index is 4.64. The van der Waals surface area contributed by atoms with Gasteiger partial charge in [0.05, 0.1) is 0 Å². The fourth-order valence-electron chi connectivity index (χ4n) is 3.12. The molecule has 2 atom stereocenters. The van der Waals surface area contributed by atoms with Crippen LogP contribution in [0.3, 0.4) is 0 Å². The van der Waals surface area contributed by atoms with Crippen molar-refractivity contribution in [3.63, 3.8) is 0 Å². The number of hydrogen-bond donors (Lipinski definition) is 1. The van der Waals surface area contributed by atoms with E-state index in [1.54, 1.807) is 0 Å². The number of aromatic nitrogens is 2. The lowest BCUT2D eigenvalue weighted by Gasteiger charge is -2.34. The molecule has 2 fully saturated rings. The molecule has 2 saturated heterocycles. The molecule has 2 unspecified atom stereocenters. The van der Waals surface area contributed by atoms with Crippen molar-refractivity contribution in [2.45, 2.75) is 64.0 Å². The zero-order valence-electron chi connectivity index (χ0n) is 12.1. The Bertz CT molecular complexity index is 437. The first kappa shape index (κ1) is 13.3. The number of piperidine rings is 1. The average molecular weight is 280 g/mol. The number of nitrogens with zero attached hydrogens (tertiary/aromatic N) is 3. The summed E-state index contributed by atoms with van der Waals surface area (Å²) < 4.78 is 4.48. The molecule has 1 N–H and O–H groups in total. The maximum Gasteiger partial charge on any atom is 0.202 e. The molecule has 0 bridgehead atoms. The van der Waals surface area contributed by atoms with E-state index >= 15 is 0 Å². The van der Waals surface area contributed by atoms with E-state index in [1.165, 1.54) is 50.3 Å². The van der Waals surface area contributed by atoms with Gasteiger partial charge in [-0.05, 0) is 32.2 Å². The van der Waals surface area contributed by atoms with Gasteiger partial charge in [0.15, 0.2) is 0 Å². The zero-order chi connectivity index (χ0) is 13.5. The number of nitrogens with one attached hydrogen (secondary N) is 1. The van der Waals surface area contributed by atoms with Gasteiger partial charge in [-0.3, -0.25) is 0 Å². The van der Waals surface area contributed by atoms with Crippen LogP contribution in [0.15, 0.2) is 0 Å². The third-order valence-corrected chi connectivity index (χ3v) is 4.89. The minimum atomic E-state index is 0.0469. The molecular formula is C14H24N4S. The lowest BCUT2D eigenvalue weighted by atomic mass is 9.96. The van der Waals surface area contributed by atoms with Crippen molar-refractivity contribution >= 4 is 16.7 Å². The number of hydrogen-bond acceptors (Lipinski definition) is 5. The van der Waals surface area contributed by atoms with Crippen LogP contribution in [0.25, 0.3) is 0 Å². The van der Waals surface area contributed by atoms with Crippen molar-refractivity contribution in [1.29, 1.82) is 0 Å². The molecule has 0 aromatic carbocycles. The number of fused-ring (bicyclic) bond motifs is 1. The van der Waals surface area contributed by atoms with E-state index in [2.05, 4.69) is 40.3 Å². The molecule has 3 heterocycles. The summed E-state index contributed by atoms with van der Waals surface area (Å²) in [6.45, 7) is 9.04. The van der Waals surface area contributed by atoms with Gasteiger partial charge in [0.25, 0.3) is 0 Å². The molecule has 1 aromatic heterocycles. The number of rotatable bonds is 2. The first-order valence-corrected chi connectivity index (χ1v) is 8.14. The van der Waals surface area contributed by atoms with Gasteiger partial charge >= 0.3 is 0 Å². The summed E-state index contributed by atoms with van der Waals surface area (Å²) in [5.74, 6) is 0.957. The minimum Gasteiger partial charge on any atom is -0.357 e. The van der Waals surface area contributed by atoms with Crippen LogP contribution in [0.4, 0.5) is 5.13 Å². The predicted octanol–water partition coefficient (Wildman–Crippen LogP) is 2.87. The molecule has 0 radical (unpaired) electrons. The first-order chi connectivity index (χ1) is 9.02. The van der Waals surface area contributed by atoms with Crippen molar-refractivity contribution in [3.8, 4) is 0 Å². The molecule has 0 saturated carbocycles. The van der Waals surface area contributed by atoms with E-state index < -0.39 is 0 Å². The monoisotopic (exact) mass is 280 g/mol. The van der Waals surface area contributed by atoms with Gasteiger partial charge in [0.2, 0.25) is 5.13 Å². The Morgan fingerprint density at radius 3 is 2.84 bits per heavy atom. The Morgan fingerprint density at radius 1 is 1.26 bits per heavy atom. The summed E-state index contributed by atoms with van der Waals surface area (Å²) in [7, 11) is 0. The lowest BCUT2D eigenvalue weighted by Crippen LogP contribution is -2.42. The van der Waals surface area contributed by atoms with E-state index in [0.29, 0.717) is 6.04 Å². The molecule has 5 heteroatoms. The zero-order valence-corrected chi connectivity index (χ0v) is 13.0. The van der Waals surface area contributed by atoms with Crippen LogP contribution >= 0.6 is 11.5 Å². The van der Waals surface area contributed by atoms with Crippen molar-refractivity contribution in [2.75, 3.05) is 18.4 Å². The van der Waals surface area contributed by atoms with E-state index in [0.717, 1.165) is 17.0 Å². The van der Waals surface area contributed by atoms with Crippen LogP contribution in [-0.2, 0) is 5.41 Å².